The highest BCUT2D eigenvalue weighted by Crippen LogP contribution is 2.37. The van der Waals surface area contributed by atoms with Gasteiger partial charge in [-0.05, 0) is 41.8 Å². The lowest BCUT2D eigenvalue weighted by Gasteiger charge is -2.26. The molecule has 0 fully saturated rings. The minimum atomic E-state index is -1.09. The summed E-state index contributed by atoms with van der Waals surface area (Å²) in [6.07, 6.45) is 6.09. The Morgan fingerprint density at radius 2 is 2.10 bits per heavy atom. The van der Waals surface area contributed by atoms with Crippen molar-refractivity contribution in [2.45, 2.75) is 25.6 Å². The molecule has 0 radical (unpaired) electrons. The molecule has 0 unspecified atom stereocenters. The molecular formula is C24H24FN3O2. The zero-order valence-corrected chi connectivity index (χ0v) is 17.2. The summed E-state index contributed by atoms with van der Waals surface area (Å²) in [5.74, 6) is 0.427. The van der Waals surface area contributed by atoms with E-state index < -0.39 is 12.2 Å². The number of methoxy groups -OCH3 is 1. The van der Waals surface area contributed by atoms with E-state index in [9.17, 15) is 9.18 Å². The van der Waals surface area contributed by atoms with E-state index in [0.717, 1.165) is 28.1 Å². The second kappa shape index (κ2) is 8.14. The van der Waals surface area contributed by atoms with Crippen molar-refractivity contribution in [2.75, 3.05) is 14.2 Å². The molecule has 1 aliphatic carbocycles. The van der Waals surface area contributed by atoms with Crippen LogP contribution in [-0.4, -0.2) is 40.7 Å². The van der Waals surface area contributed by atoms with Crippen molar-refractivity contribution in [1.82, 2.24) is 14.5 Å². The summed E-state index contributed by atoms with van der Waals surface area (Å²) in [6, 6.07) is 12.7. The molecule has 0 saturated heterocycles. The van der Waals surface area contributed by atoms with Gasteiger partial charge in [-0.15, -0.1) is 0 Å². The highest BCUT2D eigenvalue weighted by molar-refractivity contribution is 5.92. The zero-order chi connectivity index (χ0) is 21.3. The molecule has 154 valence electrons. The molecule has 0 spiro atoms. The van der Waals surface area contributed by atoms with Gasteiger partial charge in [0.15, 0.2) is 0 Å². The van der Waals surface area contributed by atoms with E-state index in [0.29, 0.717) is 12.2 Å². The summed E-state index contributed by atoms with van der Waals surface area (Å²) >= 11 is 0. The molecule has 0 N–H and O–H groups in total. The van der Waals surface area contributed by atoms with Crippen LogP contribution in [-0.2, 0) is 11.2 Å². The van der Waals surface area contributed by atoms with E-state index in [-0.39, 0.29) is 5.91 Å². The van der Waals surface area contributed by atoms with E-state index in [2.05, 4.69) is 4.98 Å². The first-order valence-electron chi connectivity index (χ1n) is 9.83. The second-order valence-corrected chi connectivity index (χ2v) is 7.50. The Kier molecular flexibility index (Phi) is 5.40. The van der Waals surface area contributed by atoms with Crippen molar-refractivity contribution in [2.24, 2.45) is 0 Å². The summed E-state index contributed by atoms with van der Waals surface area (Å²) in [5.41, 5.74) is 4.44. The van der Waals surface area contributed by atoms with Gasteiger partial charge in [-0.3, -0.25) is 4.79 Å². The van der Waals surface area contributed by atoms with E-state index in [1.807, 2.05) is 60.2 Å². The van der Waals surface area contributed by atoms with Crippen LogP contribution in [0.3, 0.4) is 0 Å². The molecule has 6 heteroatoms. The largest absolute Gasteiger partial charge is 0.495 e. The molecule has 1 heterocycles. The minimum absolute atomic E-state index is 0.243. The topological polar surface area (TPSA) is 47.4 Å². The van der Waals surface area contributed by atoms with E-state index in [1.54, 1.807) is 26.6 Å². The Morgan fingerprint density at radius 3 is 2.83 bits per heavy atom. The van der Waals surface area contributed by atoms with Gasteiger partial charge in [0.05, 0.1) is 30.9 Å². The number of carbonyl (C=O) groups excluding carboxylic acids is 1. The highest BCUT2D eigenvalue weighted by Gasteiger charge is 2.36. The monoisotopic (exact) mass is 405 g/mol. The van der Waals surface area contributed by atoms with Gasteiger partial charge in [-0.2, -0.15) is 0 Å². The number of fused-ring (bicyclic) bond motifs is 1. The van der Waals surface area contributed by atoms with Gasteiger partial charge in [0, 0.05) is 25.7 Å². The Balaban J connectivity index is 1.53. The molecule has 1 aromatic heterocycles. The Bertz CT molecular complexity index is 1110. The number of halogens is 1. The number of benzene rings is 2. The number of alkyl halides is 1. The summed E-state index contributed by atoms with van der Waals surface area (Å²) in [5, 5.41) is 0. The smallest absolute Gasteiger partial charge is 0.246 e. The third-order valence-corrected chi connectivity index (χ3v) is 5.51. The quantitative estimate of drug-likeness (QED) is 0.595. The fourth-order valence-corrected chi connectivity index (χ4v) is 3.96. The third-order valence-electron chi connectivity index (χ3n) is 5.51. The lowest BCUT2D eigenvalue weighted by molar-refractivity contribution is -0.127. The van der Waals surface area contributed by atoms with Crippen LogP contribution >= 0.6 is 0 Å². The van der Waals surface area contributed by atoms with Gasteiger partial charge in [0.25, 0.3) is 0 Å². The highest BCUT2D eigenvalue weighted by atomic mass is 19.1. The van der Waals surface area contributed by atoms with Gasteiger partial charge in [0.2, 0.25) is 5.91 Å². The number of amides is 1. The predicted octanol–water partition coefficient (Wildman–Crippen LogP) is 4.30. The average molecular weight is 405 g/mol. The first-order chi connectivity index (χ1) is 14.5. The standard InChI is InChI=1S/C24H24FN3O2/c1-16-14-28(15-26-16)21-10-8-17(12-22(21)30-3)9-11-23(29)27(2)24-19-7-5-4-6-18(19)13-20(24)25/h4-12,14-15,20,24H,13H2,1-3H3/b11-9+/t20-,24+/m0/s1. The van der Waals surface area contributed by atoms with Crippen molar-refractivity contribution in [3.8, 4) is 11.4 Å². The number of ether oxygens (including phenoxy) is 1. The minimum Gasteiger partial charge on any atom is -0.495 e. The molecule has 3 aromatic rings. The SMILES string of the molecule is COc1cc(/C=C/C(=O)N(C)[C@@H]2c3ccccc3C[C@@H]2F)ccc1-n1cnc(C)c1. The maximum absolute atomic E-state index is 14.6. The molecule has 1 aliphatic rings. The van der Waals surface area contributed by atoms with Crippen molar-refractivity contribution < 1.29 is 13.9 Å². The summed E-state index contributed by atoms with van der Waals surface area (Å²) in [6.45, 7) is 1.92. The van der Waals surface area contributed by atoms with Crippen molar-refractivity contribution in [3.63, 3.8) is 0 Å². The molecule has 2 aromatic carbocycles. The number of carbonyl (C=O) groups is 1. The normalized spacial score (nSPS) is 17.9. The summed E-state index contributed by atoms with van der Waals surface area (Å²) in [7, 11) is 3.26. The maximum Gasteiger partial charge on any atom is 0.246 e. The van der Waals surface area contributed by atoms with E-state index in [4.69, 9.17) is 4.74 Å². The van der Waals surface area contributed by atoms with Crippen LogP contribution in [0.5, 0.6) is 5.75 Å². The maximum atomic E-state index is 14.6. The number of nitrogens with zero attached hydrogens (tertiary/aromatic N) is 3. The Labute approximate surface area is 175 Å². The molecule has 30 heavy (non-hydrogen) atoms. The molecular weight excluding hydrogens is 381 g/mol. The van der Waals surface area contributed by atoms with Crippen LogP contribution in [0, 0.1) is 6.92 Å². The third kappa shape index (κ3) is 3.73. The van der Waals surface area contributed by atoms with Crippen LogP contribution in [0.15, 0.2) is 61.1 Å². The molecule has 0 saturated carbocycles. The molecule has 0 bridgehead atoms. The van der Waals surface area contributed by atoms with Crippen LogP contribution in [0.4, 0.5) is 4.39 Å². The number of imidazole rings is 1. The number of hydrogen-bond donors (Lipinski definition) is 0. The zero-order valence-electron chi connectivity index (χ0n) is 17.2. The van der Waals surface area contributed by atoms with Crippen LogP contribution < -0.4 is 4.74 Å². The predicted molar refractivity (Wildman–Crippen MR) is 114 cm³/mol. The molecule has 4 rings (SSSR count). The van der Waals surface area contributed by atoms with Crippen molar-refractivity contribution in [3.05, 3.63) is 83.4 Å². The number of rotatable bonds is 5. The van der Waals surface area contributed by atoms with Crippen LogP contribution in [0.1, 0.15) is 28.4 Å². The molecule has 1 amide bonds. The lowest BCUT2D eigenvalue weighted by Crippen LogP contribution is -2.33. The van der Waals surface area contributed by atoms with Gasteiger partial charge in [-0.25, -0.2) is 9.37 Å². The molecule has 2 atom stereocenters. The Morgan fingerprint density at radius 1 is 1.30 bits per heavy atom. The fourth-order valence-electron chi connectivity index (χ4n) is 3.96. The first-order valence-corrected chi connectivity index (χ1v) is 9.83. The van der Waals surface area contributed by atoms with Crippen LogP contribution in [0.2, 0.25) is 0 Å². The number of likely N-dealkylation sites (N-methyl/N-ethyl adjacent to an activating group) is 1. The summed E-state index contributed by atoms with van der Waals surface area (Å²) in [4.78, 5) is 18.5. The average Bonchev–Trinajstić information content (AvgIpc) is 3.33. The number of aromatic nitrogens is 2. The number of aryl methyl sites for hydroxylation is 1. The number of hydrogen-bond acceptors (Lipinski definition) is 3. The Hall–Kier alpha value is -3.41. The first kappa shape index (κ1) is 19.9. The lowest BCUT2D eigenvalue weighted by atomic mass is 10.1. The van der Waals surface area contributed by atoms with E-state index >= 15 is 0 Å². The van der Waals surface area contributed by atoms with E-state index in [1.165, 1.54) is 11.0 Å². The van der Waals surface area contributed by atoms with Gasteiger partial charge >= 0.3 is 0 Å². The fraction of sp³-hybridized carbons (Fsp3) is 0.250. The second-order valence-electron chi connectivity index (χ2n) is 7.50. The van der Waals surface area contributed by atoms with Gasteiger partial charge < -0.3 is 14.2 Å². The molecule has 5 nitrogen and oxygen atoms in total. The van der Waals surface area contributed by atoms with Crippen LogP contribution in [0.25, 0.3) is 11.8 Å². The van der Waals surface area contributed by atoms with Crippen molar-refractivity contribution >= 4 is 12.0 Å². The van der Waals surface area contributed by atoms with Crippen molar-refractivity contribution in [1.29, 1.82) is 0 Å². The van der Waals surface area contributed by atoms with Gasteiger partial charge in [0.1, 0.15) is 11.9 Å². The van der Waals surface area contributed by atoms with Gasteiger partial charge in [-0.1, -0.05) is 30.3 Å². The summed E-state index contributed by atoms with van der Waals surface area (Å²) < 4.78 is 22.0. The molecule has 0 aliphatic heterocycles.